The molecule has 4 heteroatoms. The van der Waals surface area contributed by atoms with Gasteiger partial charge in [0, 0.05) is 11.2 Å². The average molecular weight is 211 g/mol. The first-order valence-corrected chi connectivity index (χ1v) is 4.64. The minimum absolute atomic E-state index is 0.102. The Morgan fingerprint density at radius 2 is 2.00 bits per heavy atom. The van der Waals surface area contributed by atoms with Gasteiger partial charge in [0.15, 0.2) is 5.11 Å². The lowest BCUT2D eigenvalue weighted by Gasteiger charge is -2.07. The van der Waals surface area contributed by atoms with Gasteiger partial charge in [0.05, 0.1) is 6.04 Å². The summed E-state index contributed by atoms with van der Waals surface area (Å²) in [6, 6.07) is 7.73. The molecule has 0 fully saturated rings. The van der Waals surface area contributed by atoms with Crippen molar-refractivity contribution in [1.82, 2.24) is 5.32 Å². The van der Waals surface area contributed by atoms with Crippen molar-refractivity contribution >= 4 is 35.1 Å². The van der Waals surface area contributed by atoms with E-state index in [0.717, 1.165) is 10.6 Å². The molecule has 0 amide bonds. The predicted octanol–water partition coefficient (Wildman–Crippen LogP) is 2.34. The molecule has 2 rings (SSSR count). The van der Waals surface area contributed by atoms with Crippen molar-refractivity contribution in [2.75, 3.05) is 0 Å². The molecule has 0 radical (unpaired) electrons. The molecule has 0 aromatic heterocycles. The van der Waals surface area contributed by atoms with Gasteiger partial charge < -0.3 is 5.32 Å². The van der Waals surface area contributed by atoms with Gasteiger partial charge in [0.1, 0.15) is 0 Å². The molecular weight excluding hydrogens is 204 g/mol. The molecule has 0 spiro atoms. The van der Waals surface area contributed by atoms with E-state index in [4.69, 9.17) is 23.8 Å². The quantitative estimate of drug-likeness (QED) is 0.720. The van der Waals surface area contributed by atoms with Gasteiger partial charge >= 0.3 is 0 Å². The smallest absolute Gasteiger partial charge is 0.193 e. The summed E-state index contributed by atoms with van der Waals surface area (Å²) in [6.07, 6.45) is 1.80. The van der Waals surface area contributed by atoms with Crippen molar-refractivity contribution in [2.45, 2.75) is 6.04 Å². The zero-order chi connectivity index (χ0) is 9.26. The van der Waals surface area contributed by atoms with Gasteiger partial charge in [-0.15, -0.1) is 0 Å². The molecule has 1 aliphatic rings. The molecule has 1 heterocycles. The molecule has 2 nitrogen and oxygen atoms in total. The summed E-state index contributed by atoms with van der Waals surface area (Å²) in [5.41, 5.74) is 1.12. The van der Waals surface area contributed by atoms with E-state index in [2.05, 4.69) is 10.3 Å². The number of halogens is 1. The Bertz CT molecular complexity index is 358. The molecule has 1 unspecified atom stereocenters. The van der Waals surface area contributed by atoms with E-state index in [-0.39, 0.29) is 6.04 Å². The van der Waals surface area contributed by atoms with E-state index in [1.54, 1.807) is 6.21 Å². The maximum absolute atomic E-state index is 5.77. The van der Waals surface area contributed by atoms with Crippen LogP contribution in [0.4, 0.5) is 0 Å². The van der Waals surface area contributed by atoms with Crippen molar-refractivity contribution in [1.29, 1.82) is 0 Å². The van der Waals surface area contributed by atoms with Crippen LogP contribution in [0.15, 0.2) is 29.3 Å². The molecule has 66 valence electrons. The fourth-order valence-corrected chi connectivity index (χ4v) is 1.50. The summed E-state index contributed by atoms with van der Waals surface area (Å²) in [4.78, 5) is 3.98. The lowest BCUT2D eigenvalue weighted by Crippen LogP contribution is -2.19. The van der Waals surface area contributed by atoms with Crippen LogP contribution < -0.4 is 5.32 Å². The van der Waals surface area contributed by atoms with Crippen molar-refractivity contribution in [2.24, 2.45) is 4.99 Å². The third kappa shape index (κ3) is 1.87. The van der Waals surface area contributed by atoms with Gasteiger partial charge in [0.2, 0.25) is 0 Å². The third-order valence-electron chi connectivity index (χ3n) is 1.85. The molecule has 0 aliphatic carbocycles. The van der Waals surface area contributed by atoms with Gasteiger partial charge in [-0.25, -0.2) is 4.99 Å². The Morgan fingerprint density at radius 3 is 2.54 bits per heavy atom. The van der Waals surface area contributed by atoms with E-state index >= 15 is 0 Å². The molecule has 1 aromatic carbocycles. The minimum Gasteiger partial charge on any atom is -0.349 e. The fourth-order valence-electron chi connectivity index (χ4n) is 1.19. The fraction of sp³-hybridized carbons (Fsp3) is 0.111. The number of hydrogen-bond acceptors (Lipinski definition) is 1. The maximum atomic E-state index is 5.77. The molecule has 1 N–H and O–H groups in total. The Kier molecular flexibility index (Phi) is 2.29. The molecule has 0 saturated heterocycles. The summed E-state index contributed by atoms with van der Waals surface area (Å²) in [5.74, 6) is 0. The lowest BCUT2D eigenvalue weighted by atomic mass is 10.1. The largest absolute Gasteiger partial charge is 0.349 e. The zero-order valence-electron chi connectivity index (χ0n) is 6.70. The van der Waals surface area contributed by atoms with Crippen LogP contribution in [0.2, 0.25) is 5.02 Å². The third-order valence-corrected chi connectivity index (χ3v) is 2.32. The second-order valence-corrected chi connectivity index (χ2v) is 3.58. The summed E-state index contributed by atoms with van der Waals surface area (Å²) in [7, 11) is 0. The second-order valence-electron chi connectivity index (χ2n) is 2.76. The first kappa shape index (κ1) is 8.66. The van der Waals surface area contributed by atoms with Crippen molar-refractivity contribution in [3.63, 3.8) is 0 Å². The first-order valence-electron chi connectivity index (χ1n) is 3.86. The van der Waals surface area contributed by atoms with Crippen LogP contribution in [0.25, 0.3) is 0 Å². The van der Waals surface area contributed by atoms with Gasteiger partial charge in [-0.05, 0) is 29.9 Å². The molecule has 0 saturated carbocycles. The number of nitrogens with zero attached hydrogens (tertiary/aromatic N) is 1. The Balaban J connectivity index is 2.22. The zero-order valence-corrected chi connectivity index (χ0v) is 8.27. The number of nitrogens with one attached hydrogen (secondary N) is 1. The summed E-state index contributed by atoms with van der Waals surface area (Å²) in [5, 5.41) is 4.33. The molecule has 1 atom stereocenters. The lowest BCUT2D eigenvalue weighted by molar-refractivity contribution is 0.881. The van der Waals surface area contributed by atoms with Crippen LogP contribution in [0.5, 0.6) is 0 Å². The molecule has 0 bridgehead atoms. The second kappa shape index (κ2) is 3.44. The summed E-state index contributed by atoms with van der Waals surface area (Å²) in [6.45, 7) is 0. The van der Waals surface area contributed by atoms with Crippen molar-refractivity contribution < 1.29 is 0 Å². The number of benzene rings is 1. The van der Waals surface area contributed by atoms with Crippen molar-refractivity contribution in [3.05, 3.63) is 34.9 Å². The standard InChI is InChI=1S/C9H7ClN2S/c10-7-3-1-6(2-4-7)8-5-11-9(13)12-8/h1-5,8H,(H,12,13). The highest BCUT2D eigenvalue weighted by atomic mass is 35.5. The van der Waals surface area contributed by atoms with E-state index < -0.39 is 0 Å². The molecule has 13 heavy (non-hydrogen) atoms. The number of aliphatic imine (C=N–C) groups is 1. The Hall–Kier alpha value is -0.930. The topological polar surface area (TPSA) is 24.4 Å². The normalized spacial score (nSPS) is 20.4. The van der Waals surface area contributed by atoms with Crippen LogP contribution in [-0.2, 0) is 0 Å². The van der Waals surface area contributed by atoms with E-state index in [1.807, 2.05) is 24.3 Å². The van der Waals surface area contributed by atoms with Crippen LogP contribution >= 0.6 is 23.8 Å². The monoisotopic (exact) mass is 210 g/mol. The minimum atomic E-state index is 0.102. The predicted molar refractivity (Wildman–Crippen MR) is 58.4 cm³/mol. The highest BCUT2D eigenvalue weighted by Crippen LogP contribution is 2.17. The van der Waals surface area contributed by atoms with Gasteiger partial charge in [-0.1, -0.05) is 23.7 Å². The summed E-state index contributed by atoms with van der Waals surface area (Å²) < 4.78 is 0. The summed E-state index contributed by atoms with van der Waals surface area (Å²) >= 11 is 10.7. The van der Waals surface area contributed by atoms with Crippen molar-refractivity contribution in [3.8, 4) is 0 Å². The van der Waals surface area contributed by atoms with Gasteiger partial charge in [0.25, 0.3) is 0 Å². The van der Waals surface area contributed by atoms with Gasteiger partial charge in [-0.2, -0.15) is 0 Å². The van der Waals surface area contributed by atoms with Crippen LogP contribution in [0.1, 0.15) is 11.6 Å². The SMILES string of the molecule is S=C1N=CC(c2ccc(Cl)cc2)N1. The molecule has 1 aliphatic heterocycles. The van der Waals surface area contributed by atoms with Gasteiger partial charge in [-0.3, -0.25) is 0 Å². The maximum Gasteiger partial charge on any atom is 0.193 e. The molecular formula is C9H7ClN2S. The Morgan fingerprint density at radius 1 is 1.31 bits per heavy atom. The Labute approximate surface area is 86.6 Å². The van der Waals surface area contributed by atoms with Crippen LogP contribution in [0, 0.1) is 0 Å². The highest BCUT2D eigenvalue weighted by Gasteiger charge is 2.14. The highest BCUT2D eigenvalue weighted by molar-refractivity contribution is 7.80. The number of rotatable bonds is 1. The number of hydrogen-bond donors (Lipinski definition) is 1. The number of thiocarbonyl (C=S) groups is 1. The average Bonchev–Trinajstić information content (AvgIpc) is 2.53. The van der Waals surface area contributed by atoms with E-state index in [1.165, 1.54) is 0 Å². The first-order chi connectivity index (χ1) is 6.25. The van der Waals surface area contributed by atoms with E-state index in [0.29, 0.717) is 5.11 Å². The molecule has 1 aromatic rings. The van der Waals surface area contributed by atoms with Crippen LogP contribution in [-0.4, -0.2) is 11.3 Å². The van der Waals surface area contributed by atoms with E-state index in [9.17, 15) is 0 Å². The van der Waals surface area contributed by atoms with Crippen LogP contribution in [0.3, 0.4) is 0 Å².